The van der Waals surface area contributed by atoms with Gasteiger partial charge in [0.25, 0.3) is 0 Å². The molecule has 0 saturated carbocycles. The van der Waals surface area contributed by atoms with Crippen molar-refractivity contribution in [3.05, 3.63) is 41.1 Å². The molecule has 2 heterocycles. The van der Waals surface area contributed by atoms with E-state index in [1.165, 1.54) is 5.56 Å². The van der Waals surface area contributed by atoms with Gasteiger partial charge in [-0.25, -0.2) is 9.59 Å². The van der Waals surface area contributed by atoms with Crippen molar-refractivity contribution in [2.24, 2.45) is 0 Å². The van der Waals surface area contributed by atoms with Gasteiger partial charge in [0, 0.05) is 12.2 Å². The first-order valence-corrected chi connectivity index (χ1v) is 8.44. The van der Waals surface area contributed by atoms with Crippen LogP contribution in [0.4, 0.5) is 10.5 Å². The number of para-hydroxylation sites is 1. The molecule has 0 fully saturated rings. The Morgan fingerprint density at radius 2 is 2.12 bits per heavy atom. The van der Waals surface area contributed by atoms with E-state index in [-0.39, 0.29) is 18.0 Å². The number of esters is 1. The van der Waals surface area contributed by atoms with Gasteiger partial charge in [0.05, 0.1) is 30.5 Å². The first-order valence-electron chi connectivity index (χ1n) is 8.44. The summed E-state index contributed by atoms with van der Waals surface area (Å²) < 4.78 is 5.21. The predicted molar refractivity (Wildman–Crippen MR) is 91.8 cm³/mol. The van der Waals surface area contributed by atoms with Gasteiger partial charge in [-0.15, -0.1) is 0 Å². The summed E-state index contributed by atoms with van der Waals surface area (Å²) in [4.78, 5) is 26.6. The fourth-order valence-electron chi connectivity index (χ4n) is 3.35. The molecule has 6 heteroatoms. The lowest BCUT2D eigenvalue weighted by molar-refractivity contribution is -0.139. The number of ether oxygens (including phenoxy) is 1. The summed E-state index contributed by atoms with van der Waals surface area (Å²) in [6.45, 7) is 5.41. The van der Waals surface area contributed by atoms with Crippen LogP contribution in [0.5, 0.6) is 0 Å². The Morgan fingerprint density at radius 1 is 1.33 bits per heavy atom. The van der Waals surface area contributed by atoms with Crippen molar-refractivity contribution >= 4 is 17.7 Å². The minimum atomic E-state index is -0.362. The van der Waals surface area contributed by atoms with E-state index in [1.54, 1.807) is 6.92 Å². The predicted octanol–water partition coefficient (Wildman–Crippen LogP) is 1.96. The Kier molecular flexibility index (Phi) is 4.74. The van der Waals surface area contributed by atoms with E-state index in [0.29, 0.717) is 30.8 Å². The molecule has 2 N–H and O–H groups in total. The summed E-state index contributed by atoms with van der Waals surface area (Å²) in [5.41, 5.74) is 3.63. The lowest BCUT2D eigenvalue weighted by atomic mass is 10.00. The quantitative estimate of drug-likeness (QED) is 0.810. The molecular weight excluding hydrogens is 306 g/mol. The van der Waals surface area contributed by atoms with Gasteiger partial charge in [0.15, 0.2) is 0 Å². The lowest BCUT2D eigenvalue weighted by Gasteiger charge is -2.31. The number of hydrogen-bond acceptors (Lipinski definition) is 4. The number of rotatable bonds is 5. The minimum absolute atomic E-state index is 0.266. The van der Waals surface area contributed by atoms with Crippen LogP contribution in [0.15, 0.2) is 35.5 Å². The molecule has 0 radical (unpaired) electrons. The van der Waals surface area contributed by atoms with E-state index >= 15 is 0 Å². The highest BCUT2D eigenvalue weighted by molar-refractivity contribution is 5.95. The van der Waals surface area contributed by atoms with E-state index in [9.17, 15) is 9.59 Å². The Balaban J connectivity index is 1.92. The van der Waals surface area contributed by atoms with Crippen LogP contribution < -0.4 is 15.5 Å². The van der Waals surface area contributed by atoms with Gasteiger partial charge in [0.2, 0.25) is 0 Å². The summed E-state index contributed by atoms with van der Waals surface area (Å²) in [6.07, 6.45) is 1.61. The molecule has 0 saturated heterocycles. The van der Waals surface area contributed by atoms with Gasteiger partial charge in [-0.3, -0.25) is 0 Å². The fourth-order valence-corrected chi connectivity index (χ4v) is 3.35. The highest BCUT2D eigenvalue weighted by Gasteiger charge is 2.33. The zero-order valence-electron chi connectivity index (χ0n) is 14.1. The first kappa shape index (κ1) is 16.4. The number of amides is 2. The van der Waals surface area contributed by atoms with Crippen LogP contribution in [0.1, 0.15) is 25.8 Å². The molecule has 0 unspecified atom stereocenters. The average molecular weight is 329 g/mol. The molecule has 3 rings (SSSR count). The molecule has 24 heavy (non-hydrogen) atoms. The van der Waals surface area contributed by atoms with E-state index in [2.05, 4.69) is 27.7 Å². The largest absolute Gasteiger partial charge is 0.463 e. The van der Waals surface area contributed by atoms with Gasteiger partial charge in [-0.05, 0) is 31.4 Å². The molecule has 0 spiro atoms. The van der Waals surface area contributed by atoms with Gasteiger partial charge < -0.3 is 20.3 Å². The molecular formula is C18H23N3O3. The van der Waals surface area contributed by atoms with Crippen LogP contribution in [0.3, 0.4) is 0 Å². The summed E-state index contributed by atoms with van der Waals surface area (Å²) in [6, 6.07) is 7.65. The van der Waals surface area contributed by atoms with Crippen LogP contribution in [0.2, 0.25) is 0 Å². The number of hydrogen-bond donors (Lipinski definition) is 2. The van der Waals surface area contributed by atoms with Gasteiger partial charge >= 0.3 is 12.0 Å². The van der Waals surface area contributed by atoms with Crippen molar-refractivity contribution in [3.63, 3.8) is 0 Å². The second-order valence-electron chi connectivity index (χ2n) is 5.97. The van der Waals surface area contributed by atoms with Crippen LogP contribution >= 0.6 is 0 Å². The molecule has 128 valence electrons. The van der Waals surface area contributed by atoms with Crippen molar-refractivity contribution in [2.75, 3.05) is 24.6 Å². The van der Waals surface area contributed by atoms with Crippen molar-refractivity contribution in [3.8, 4) is 0 Å². The molecule has 0 aromatic heterocycles. The number of urea groups is 1. The molecule has 1 aromatic carbocycles. The maximum Gasteiger partial charge on any atom is 0.337 e. The van der Waals surface area contributed by atoms with E-state index in [1.807, 2.05) is 19.1 Å². The zero-order valence-corrected chi connectivity index (χ0v) is 14.1. The SMILES string of the molecule is CCOC(=O)C1=C(CN2CCc3ccccc32)NC(=O)N[C@H]1CC. The standard InChI is InChI=1S/C18H23N3O3/c1-3-13-16(17(22)24-4-2)14(20-18(23)19-13)11-21-10-9-12-7-5-6-8-15(12)21/h5-8,13H,3-4,9-11H2,1-2H3,(H2,19,20,23)/t13-/m0/s1. The Labute approximate surface area is 141 Å². The van der Waals surface area contributed by atoms with Crippen LogP contribution in [0.25, 0.3) is 0 Å². The smallest absolute Gasteiger partial charge is 0.337 e. The summed E-state index contributed by atoms with van der Waals surface area (Å²) in [5, 5.41) is 5.62. The minimum Gasteiger partial charge on any atom is -0.463 e. The molecule has 2 amide bonds. The van der Waals surface area contributed by atoms with Gasteiger partial charge in [-0.1, -0.05) is 25.1 Å². The number of benzene rings is 1. The molecule has 1 atom stereocenters. The number of nitrogens with one attached hydrogen (secondary N) is 2. The van der Waals surface area contributed by atoms with Crippen LogP contribution in [-0.4, -0.2) is 37.7 Å². The third-order valence-electron chi connectivity index (χ3n) is 4.48. The summed E-state index contributed by atoms with van der Waals surface area (Å²) in [7, 11) is 0. The van der Waals surface area contributed by atoms with E-state index in [4.69, 9.17) is 4.74 Å². The first-order chi connectivity index (χ1) is 11.6. The van der Waals surface area contributed by atoms with Gasteiger partial charge in [-0.2, -0.15) is 0 Å². The summed E-state index contributed by atoms with van der Waals surface area (Å²) >= 11 is 0. The molecule has 0 bridgehead atoms. The monoisotopic (exact) mass is 329 g/mol. The topological polar surface area (TPSA) is 70.7 Å². The molecule has 2 aliphatic heterocycles. The number of fused-ring (bicyclic) bond motifs is 1. The van der Waals surface area contributed by atoms with Crippen molar-refractivity contribution in [2.45, 2.75) is 32.7 Å². The molecule has 1 aromatic rings. The van der Waals surface area contributed by atoms with Crippen LogP contribution in [0, 0.1) is 0 Å². The maximum absolute atomic E-state index is 12.4. The number of nitrogens with zero attached hydrogens (tertiary/aromatic N) is 1. The fraction of sp³-hybridized carbons (Fsp3) is 0.444. The molecule has 6 nitrogen and oxygen atoms in total. The van der Waals surface area contributed by atoms with Crippen molar-refractivity contribution in [1.82, 2.24) is 10.6 Å². The normalized spacial score (nSPS) is 19.7. The zero-order chi connectivity index (χ0) is 17.1. The van der Waals surface area contributed by atoms with Gasteiger partial charge in [0.1, 0.15) is 0 Å². The molecule has 0 aliphatic carbocycles. The third-order valence-corrected chi connectivity index (χ3v) is 4.48. The third kappa shape index (κ3) is 3.09. The highest BCUT2D eigenvalue weighted by Crippen LogP contribution is 2.29. The lowest BCUT2D eigenvalue weighted by Crippen LogP contribution is -2.52. The highest BCUT2D eigenvalue weighted by atomic mass is 16.5. The van der Waals surface area contributed by atoms with Crippen LogP contribution in [-0.2, 0) is 16.0 Å². The number of carbonyl (C=O) groups is 2. The Hall–Kier alpha value is -2.50. The van der Waals surface area contributed by atoms with Crippen molar-refractivity contribution in [1.29, 1.82) is 0 Å². The average Bonchev–Trinajstić information content (AvgIpc) is 2.97. The maximum atomic E-state index is 12.4. The second kappa shape index (κ2) is 6.95. The molecule has 2 aliphatic rings. The second-order valence-corrected chi connectivity index (χ2v) is 5.97. The van der Waals surface area contributed by atoms with E-state index in [0.717, 1.165) is 18.7 Å². The Morgan fingerprint density at radius 3 is 2.88 bits per heavy atom. The number of anilines is 1. The number of carbonyl (C=O) groups excluding carboxylic acids is 2. The van der Waals surface area contributed by atoms with E-state index < -0.39 is 0 Å². The Bertz CT molecular complexity index is 684. The van der Waals surface area contributed by atoms with Crippen molar-refractivity contribution < 1.29 is 14.3 Å². The summed E-state index contributed by atoms with van der Waals surface area (Å²) in [5.74, 6) is -0.362.